The number of rotatable bonds is 4. The molecule has 1 fully saturated rings. The lowest BCUT2D eigenvalue weighted by atomic mass is 10.1. The van der Waals surface area contributed by atoms with Crippen LogP contribution in [0.3, 0.4) is 0 Å². The Labute approximate surface area is 113 Å². The number of carbonyl (C=O) groups is 2. The SMILES string of the molecule is CCOCCN1C(Br)=NC2C1C(=O)NC(=O)N2C. The second kappa shape index (κ2) is 5.23. The van der Waals surface area contributed by atoms with E-state index in [1.54, 1.807) is 11.9 Å². The summed E-state index contributed by atoms with van der Waals surface area (Å²) in [5.41, 5.74) is 0. The summed E-state index contributed by atoms with van der Waals surface area (Å²) in [6.07, 6.45) is -0.470. The van der Waals surface area contributed by atoms with Crippen LogP contribution in [-0.4, -0.2) is 65.5 Å². The zero-order valence-corrected chi connectivity index (χ0v) is 11.8. The molecular formula is C10H15BrN4O3. The van der Waals surface area contributed by atoms with Crippen molar-refractivity contribution in [2.45, 2.75) is 19.1 Å². The van der Waals surface area contributed by atoms with Crippen molar-refractivity contribution in [3.8, 4) is 0 Å². The minimum Gasteiger partial charge on any atom is -0.380 e. The molecule has 1 saturated heterocycles. The van der Waals surface area contributed by atoms with Gasteiger partial charge in [0.2, 0.25) is 0 Å². The van der Waals surface area contributed by atoms with Gasteiger partial charge in [0, 0.05) is 20.2 Å². The summed E-state index contributed by atoms with van der Waals surface area (Å²) in [7, 11) is 1.62. The number of hydrogen-bond donors (Lipinski definition) is 1. The molecule has 18 heavy (non-hydrogen) atoms. The fraction of sp³-hybridized carbons (Fsp3) is 0.700. The molecule has 3 amide bonds. The number of imide groups is 1. The summed E-state index contributed by atoms with van der Waals surface area (Å²) >= 11 is 3.32. The monoisotopic (exact) mass is 318 g/mol. The van der Waals surface area contributed by atoms with Gasteiger partial charge < -0.3 is 14.5 Å². The predicted octanol–water partition coefficient (Wildman–Crippen LogP) is -0.0343. The average Bonchev–Trinajstić information content (AvgIpc) is 2.65. The third-order valence-corrected chi connectivity index (χ3v) is 3.65. The lowest BCUT2D eigenvalue weighted by Gasteiger charge is -2.35. The van der Waals surface area contributed by atoms with E-state index in [1.165, 1.54) is 4.90 Å². The van der Waals surface area contributed by atoms with Crippen LogP contribution in [0.2, 0.25) is 0 Å². The molecule has 7 nitrogen and oxygen atoms in total. The standard InChI is InChI=1S/C10H15BrN4O3/c1-3-18-5-4-15-6-7(12-9(15)11)14(2)10(17)13-8(6)16/h6-7H,3-5H2,1-2H3,(H,13,16,17). The predicted molar refractivity (Wildman–Crippen MR) is 68.4 cm³/mol. The number of hydrogen-bond acceptors (Lipinski definition) is 5. The Balaban J connectivity index is 2.12. The molecule has 0 spiro atoms. The van der Waals surface area contributed by atoms with Crippen LogP contribution in [-0.2, 0) is 9.53 Å². The summed E-state index contributed by atoms with van der Waals surface area (Å²) < 4.78 is 5.85. The van der Waals surface area contributed by atoms with E-state index in [0.717, 1.165) is 0 Å². The molecule has 0 aromatic heterocycles. The molecule has 2 aliphatic rings. The number of amides is 3. The Morgan fingerprint density at radius 3 is 2.89 bits per heavy atom. The van der Waals surface area contributed by atoms with Crippen LogP contribution in [0.1, 0.15) is 6.92 Å². The van der Waals surface area contributed by atoms with E-state index in [4.69, 9.17) is 4.74 Å². The summed E-state index contributed by atoms with van der Waals surface area (Å²) in [4.78, 5) is 30.9. The molecular weight excluding hydrogens is 304 g/mol. The van der Waals surface area contributed by atoms with E-state index >= 15 is 0 Å². The van der Waals surface area contributed by atoms with Crippen molar-refractivity contribution in [1.29, 1.82) is 0 Å². The van der Waals surface area contributed by atoms with Gasteiger partial charge in [-0.15, -0.1) is 0 Å². The van der Waals surface area contributed by atoms with Crippen LogP contribution in [0.4, 0.5) is 4.79 Å². The summed E-state index contributed by atoms with van der Waals surface area (Å²) in [5, 5.41) is 2.31. The van der Waals surface area contributed by atoms with Gasteiger partial charge in [0.15, 0.2) is 17.0 Å². The highest BCUT2D eigenvalue weighted by Crippen LogP contribution is 2.25. The zero-order chi connectivity index (χ0) is 13.3. The molecule has 0 bridgehead atoms. The molecule has 100 valence electrons. The van der Waals surface area contributed by atoms with Crippen molar-refractivity contribution in [1.82, 2.24) is 15.1 Å². The fourth-order valence-electron chi connectivity index (χ4n) is 2.03. The molecule has 0 aliphatic carbocycles. The number of nitrogens with one attached hydrogen (secondary N) is 1. The number of fused-ring (bicyclic) bond motifs is 1. The molecule has 2 rings (SSSR count). The topological polar surface area (TPSA) is 74.2 Å². The molecule has 2 aliphatic heterocycles. The number of nitrogens with zero attached hydrogens (tertiary/aromatic N) is 3. The second-order valence-electron chi connectivity index (χ2n) is 4.05. The molecule has 2 heterocycles. The fourth-order valence-corrected chi connectivity index (χ4v) is 2.64. The molecule has 0 aromatic rings. The minimum absolute atomic E-state index is 0.321. The van der Waals surface area contributed by atoms with E-state index < -0.39 is 18.2 Å². The highest BCUT2D eigenvalue weighted by Gasteiger charge is 2.47. The van der Waals surface area contributed by atoms with Gasteiger partial charge in [-0.05, 0) is 22.9 Å². The number of ether oxygens (including phenoxy) is 1. The first-order valence-corrected chi connectivity index (χ1v) is 6.51. The summed E-state index contributed by atoms with van der Waals surface area (Å²) in [6.45, 7) is 3.60. The van der Waals surface area contributed by atoms with Crippen molar-refractivity contribution < 1.29 is 14.3 Å². The molecule has 8 heteroatoms. The first-order chi connectivity index (χ1) is 8.56. The van der Waals surface area contributed by atoms with Crippen molar-refractivity contribution in [3.63, 3.8) is 0 Å². The minimum atomic E-state index is -0.484. The van der Waals surface area contributed by atoms with E-state index in [1.807, 2.05) is 6.92 Å². The number of carbonyl (C=O) groups excluding carboxylic acids is 2. The van der Waals surface area contributed by atoms with Crippen LogP contribution in [0.5, 0.6) is 0 Å². The average molecular weight is 319 g/mol. The Bertz CT molecular complexity index is 401. The second-order valence-corrected chi connectivity index (χ2v) is 4.76. The van der Waals surface area contributed by atoms with Gasteiger partial charge in [0.05, 0.1) is 6.61 Å². The normalized spacial score (nSPS) is 27.2. The van der Waals surface area contributed by atoms with Crippen LogP contribution in [0, 0.1) is 0 Å². The first-order valence-electron chi connectivity index (χ1n) is 5.71. The van der Waals surface area contributed by atoms with Crippen molar-refractivity contribution in [3.05, 3.63) is 0 Å². The maximum Gasteiger partial charge on any atom is 0.325 e. The maximum atomic E-state index is 11.9. The molecule has 2 unspecified atom stereocenters. The quantitative estimate of drug-likeness (QED) is 0.583. The Morgan fingerprint density at radius 1 is 1.50 bits per heavy atom. The van der Waals surface area contributed by atoms with Crippen LogP contribution in [0.25, 0.3) is 0 Å². The lowest BCUT2D eigenvalue weighted by Crippen LogP contribution is -2.63. The number of aliphatic imine (C=N–C) groups is 1. The smallest absolute Gasteiger partial charge is 0.325 e. The van der Waals surface area contributed by atoms with Crippen molar-refractivity contribution in [2.24, 2.45) is 4.99 Å². The Morgan fingerprint density at radius 2 is 2.22 bits per heavy atom. The van der Waals surface area contributed by atoms with E-state index in [-0.39, 0.29) is 5.91 Å². The zero-order valence-electron chi connectivity index (χ0n) is 10.2. The summed E-state index contributed by atoms with van der Waals surface area (Å²) in [5.74, 6) is -0.321. The van der Waals surface area contributed by atoms with Crippen molar-refractivity contribution in [2.75, 3.05) is 26.8 Å². The number of likely N-dealkylation sites (N-methyl/N-ethyl adjacent to an activating group) is 1. The third-order valence-electron chi connectivity index (χ3n) is 2.99. The largest absolute Gasteiger partial charge is 0.380 e. The van der Waals surface area contributed by atoms with Gasteiger partial charge in [0.25, 0.3) is 5.91 Å². The van der Waals surface area contributed by atoms with Crippen LogP contribution >= 0.6 is 15.9 Å². The number of urea groups is 1. The van der Waals surface area contributed by atoms with E-state index in [2.05, 4.69) is 26.2 Å². The lowest BCUT2D eigenvalue weighted by molar-refractivity contribution is -0.127. The molecule has 0 aromatic carbocycles. The van der Waals surface area contributed by atoms with E-state index in [9.17, 15) is 9.59 Å². The van der Waals surface area contributed by atoms with E-state index in [0.29, 0.717) is 24.5 Å². The highest BCUT2D eigenvalue weighted by molar-refractivity contribution is 9.18. The van der Waals surface area contributed by atoms with Crippen LogP contribution < -0.4 is 5.32 Å². The van der Waals surface area contributed by atoms with Gasteiger partial charge in [-0.3, -0.25) is 10.1 Å². The summed E-state index contributed by atoms with van der Waals surface area (Å²) in [6, 6.07) is -0.903. The molecule has 0 saturated carbocycles. The molecule has 2 atom stereocenters. The van der Waals surface area contributed by atoms with Gasteiger partial charge in [-0.1, -0.05) is 0 Å². The Hall–Kier alpha value is -1.15. The number of halogens is 1. The van der Waals surface area contributed by atoms with Gasteiger partial charge in [-0.25, -0.2) is 9.79 Å². The van der Waals surface area contributed by atoms with Crippen molar-refractivity contribution >= 4 is 32.6 Å². The molecule has 0 radical (unpaired) electrons. The van der Waals surface area contributed by atoms with Gasteiger partial charge in [-0.2, -0.15) is 0 Å². The number of amidine groups is 1. The van der Waals surface area contributed by atoms with Crippen LogP contribution in [0.15, 0.2) is 4.99 Å². The Kier molecular flexibility index (Phi) is 3.86. The molecule has 1 N–H and O–H groups in total. The van der Waals surface area contributed by atoms with Gasteiger partial charge >= 0.3 is 6.03 Å². The highest BCUT2D eigenvalue weighted by atomic mass is 79.9. The maximum absolute atomic E-state index is 11.9. The first kappa shape index (κ1) is 13.3. The van der Waals surface area contributed by atoms with Gasteiger partial charge in [0.1, 0.15) is 0 Å². The third kappa shape index (κ3) is 2.22.